The van der Waals surface area contributed by atoms with Gasteiger partial charge in [0.2, 0.25) is 5.13 Å². The Labute approximate surface area is 166 Å². The van der Waals surface area contributed by atoms with Crippen molar-refractivity contribution in [3.8, 4) is 17.0 Å². The first-order chi connectivity index (χ1) is 13.7. The highest BCUT2D eigenvalue weighted by Crippen LogP contribution is 2.25. The lowest BCUT2D eigenvalue weighted by atomic mass is 10.2. The summed E-state index contributed by atoms with van der Waals surface area (Å²) in [4.78, 5) is 15.9. The lowest BCUT2D eigenvalue weighted by Crippen LogP contribution is -2.15. The number of hydrogen-bond donors (Lipinski definition) is 2. The Hall–Kier alpha value is -3.52. The third kappa shape index (κ3) is 4.80. The largest absolute Gasteiger partial charge is 0.495 e. The molecule has 0 fully saturated rings. The highest BCUT2D eigenvalue weighted by Gasteiger charge is 2.07. The van der Waals surface area contributed by atoms with Gasteiger partial charge in [0.1, 0.15) is 11.5 Å². The molecule has 0 radical (unpaired) electrons. The van der Waals surface area contributed by atoms with Crippen molar-refractivity contribution < 1.29 is 9.53 Å². The van der Waals surface area contributed by atoms with E-state index in [0.29, 0.717) is 28.6 Å². The maximum absolute atomic E-state index is 11.4. The van der Waals surface area contributed by atoms with E-state index in [-0.39, 0.29) is 5.71 Å². The molecule has 0 atom stereocenters. The van der Waals surface area contributed by atoms with E-state index in [0.717, 1.165) is 11.3 Å². The first kappa shape index (κ1) is 19.2. The lowest BCUT2D eigenvalue weighted by molar-refractivity contribution is -0.102. The molecule has 8 heteroatoms. The van der Waals surface area contributed by atoms with Crippen LogP contribution in [0.25, 0.3) is 11.3 Å². The van der Waals surface area contributed by atoms with Gasteiger partial charge in [-0.15, -0.1) is 11.3 Å². The van der Waals surface area contributed by atoms with Crippen LogP contribution in [0.2, 0.25) is 0 Å². The summed E-state index contributed by atoms with van der Waals surface area (Å²) in [6.07, 6.45) is 0.639. The molecule has 0 amide bonds. The Balaban J connectivity index is 1.69. The second-order valence-corrected chi connectivity index (χ2v) is 6.50. The third-order valence-corrected chi connectivity index (χ3v) is 4.53. The summed E-state index contributed by atoms with van der Waals surface area (Å²) in [6, 6.07) is 17.2. The number of hydrogen-bond acceptors (Lipinski definition) is 8. The number of aldehydes is 1. The summed E-state index contributed by atoms with van der Waals surface area (Å²) >= 11 is 1.43. The Morgan fingerprint density at radius 2 is 1.82 bits per heavy atom. The predicted molar refractivity (Wildman–Crippen MR) is 114 cm³/mol. The highest BCUT2D eigenvalue weighted by atomic mass is 32.1. The molecular formula is C20H19N5O2S. The summed E-state index contributed by atoms with van der Waals surface area (Å²) in [5, 5.41) is 10.9. The van der Waals surface area contributed by atoms with Crippen LogP contribution >= 0.6 is 11.3 Å². The molecule has 0 spiro atoms. The lowest BCUT2D eigenvalue weighted by Gasteiger charge is -2.07. The van der Waals surface area contributed by atoms with Crippen molar-refractivity contribution in [2.75, 3.05) is 18.0 Å². The topological polar surface area (TPSA) is 88.0 Å². The Kier molecular flexibility index (Phi) is 6.48. The first-order valence-corrected chi connectivity index (χ1v) is 9.32. The molecule has 0 aliphatic heterocycles. The second kappa shape index (κ2) is 9.43. The molecule has 0 bridgehead atoms. The zero-order valence-electron chi connectivity index (χ0n) is 15.4. The maximum Gasteiger partial charge on any atom is 0.203 e. The molecule has 0 aliphatic rings. The van der Waals surface area contributed by atoms with E-state index < -0.39 is 0 Å². The average molecular weight is 393 g/mol. The number of nitrogens with one attached hydrogen (secondary N) is 2. The van der Waals surface area contributed by atoms with E-state index in [9.17, 15) is 4.79 Å². The Morgan fingerprint density at radius 1 is 1.07 bits per heavy atom. The molecule has 1 aromatic heterocycles. The molecule has 0 saturated heterocycles. The maximum atomic E-state index is 11.4. The number of carbonyl (C=O) groups excluding carboxylic acids is 1. The number of thiazole rings is 1. The zero-order chi connectivity index (χ0) is 19.8. The summed E-state index contributed by atoms with van der Waals surface area (Å²) in [7, 11) is 1.57. The summed E-state index contributed by atoms with van der Waals surface area (Å²) in [6.45, 7) is 1.69. The van der Waals surface area contributed by atoms with Gasteiger partial charge in [-0.25, -0.2) is 4.98 Å². The van der Waals surface area contributed by atoms with Gasteiger partial charge in [0.05, 0.1) is 24.2 Å². The smallest absolute Gasteiger partial charge is 0.203 e. The van der Waals surface area contributed by atoms with Crippen LogP contribution in [-0.2, 0) is 4.79 Å². The normalized spacial score (nSPS) is 11.8. The van der Waals surface area contributed by atoms with Crippen molar-refractivity contribution in [3.05, 3.63) is 60.0 Å². The van der Waals surface area contributed by atoms with Gasteiger partial charge in [0, 0.05) is 10.9 Å². The quantitative estimate of drug-likeness (QED) is 0.339. The number of ether oxygens (including phenoxy) is 1. The van der Waals surface area contributed by atoms with Gasteiger partial charge in [-0.2, -0.15) is 10.2 Å². The summed E-state index contributed by atoms with van der Waals surface area (Å²) in [5.41, 5.74) is 8.84. The van der Waals surface area contributed by atoms with Crippen LogP contribution in [-0.4, -0.2) is 29.8 Å². The highest BCUT2D eigenvalue weighted by molar-refractivity contribution is 7.14. The van der Waals surface area contributed by atoms with E-state index in [1.807, 2.05) is 47.8 Å². The number of anilines is 2. The van der Waals surface area contributed by atoms with Crippen LogP contribution in [0, 0.1) is 0 Å². The van der Waals surface area contributed by atoms with E-state index in [4.69, 9.17) is 4.74 Å². The van der Waals surface area contributed by atoms with E-state index >= 15 is 0 Å². The standard InChI is InChI=1S/C20H19N5O2S/c1-14(17(12-26)24-23-16-10-6-7-11-19(16)27-2)22-25-20-21-18(13-28-20)15-8-4-3-5-9-15/h3-13,23H,1-2H3,(H,21,25)/b22-14-,24-17-. The van der Waals surface area contributed by atoms with Gasteiger partial charge in [-0.3, -0.25) is 15.6 Å². The van der Waals surface area contributed by atoms with Gasteiger partial charge in [-0.05, 0) is 19.1 Å². The summed E-state index contributed by atoms with van der Waals surface area (Å²) in [5.74, 6) is 0.625. The molecule has 142 valence electrons. The monoisotopic (exact) mass is 393 g/mol. The molecule has 3 rings (SSSR count). The molecule has 3 aromatic rings. The van der Waals surface area contributed by atoms with Gasteiger partial charge in [0.15, 0.2) is 6.29 Å². The molecule has 2 aromatic carbocycles. The second-order valence-electron chi connectivity index (χ2n) is 5.64. The molecule has 28 heavy (non-hydrogen) atoms. The van der Waals surface area contributed by atoms with Crippen LogP contribution < -0.4 is 15.6 Å². The van der Waals surface area contributed by atoms with E-state index in [2.05, 4.69) is 26.0 Å². The number of methoxy groups -OCH3 is 1. The van der Waals surface area contributed by atoms with Crippen molar-refractivity contribution in [2.24, 2.45) is 10.2 Å². The molecular weight excluding hydrogens is 374 g/mol. The first-order valence-electron chi connectivity index (χ1n) is 8.44. The molecule has 0 aliphatic carbocycles. The number of carbonyl (C=O) groups is 1. The minimum atomic E-state index is 0.165. The number of aromatic nitrogens is 1. The number of para-hydroxylation sites is 2. The van der Waals surface area contributed by atoms with Crippen LogP contribution in [0.1, 0.15) is 6.92 Å². The SMILES string of the molecule is COc1ccccc1N/N=C(C=O)\C(C)=N/Nc1nc(-c2ccccc2)cs1. The molecule has 7 nitrogen and oxygen atoms in total. The van der Waals surface area contributed by atoms with Crippen molar-refractivity contribution in [1.82, 2.24) is 4.98 Å². The minimum absolute atomic E-state index is 0.165. The molecule has 2 N–H and O–H groups in total. The number of rotatable bonds is 8. The molecule has 0 unspecified atom stereocenters. The van der Waals surface area contributed by atoms with Gasteiger partial charge >= 0.3 is 0 Å². The number of hydrazone groups is 2. The van der Waals surface area contributed by atoms with Crippen LogP contribution in [0.15, 0.2) is 70.2 Å². The molecule has 1 heterocycles. The van der Waals surface area contributed by atoms with E-state index in [1.165, 1.54) is 11.3 Å². The van der Waals surface area contributed by atoms with Crippen LogP contribution in [0.3, 0.4) is 0 Å². The number of nitrogens with zero attached hydrogens (tertiary/aromatic N) is 3. The van der Waals surface area contributed by atoms with Gasteiger partial charge in [0.25, 0.3) is 0 Å². The van der Waals surface area contributed by atoms with Gasteiger partial charge < -0.3 is 4.74 Å². The molecule has 0 saturated carbocycles. The van der Waals surface area contributed by atoms with Crippen molar-refractivity contribution >= 4 is 39.9 Å². The Bertz CT molecular complexity index is 999. The summed E-state index contributed by atoms with van der Waals surface area (Å²) < 4.78 is 5.25. The van der Waals surface area contributed by atoms with Crippen LogP contribution in [0.5, 0.6) is 5.75 Å². The zero-order valence-corrected chi connectivity index (χ0v) is 16.2. The average Bonchev–Trinajstić information content (AvgIpc) is 3.22. The van der Waals surface area contributed by atoms with Crippen molar-refractivity contribution in [1.29, 1.82) is 0 Å². The van der Waals surface area contributed by atoms with Gasteiger partial charge in [-0.1, -0.05) is 42.5 Å². The number of benzene rings is 2. The fraction of sp³-hybridized carbons (Fsp3) is 0.100. The van der Waals surface area contributed by atoms with Crippen molar-refractivity contribution in [2.45, 2.75) is 6.92 Å². The minimum Gasteiger partial charge on any atom is -0.495 e. The fourth-order valence-electron chi connectivity index (χ4n) is 2.31. The third-order valence-electron chi connectivity index (χ3n) is 3.78. The fourth-order valence-corrected chi connectivity index (χ4v) is 2.97. The Morgan fingerprint density at radius 3 is 2.57 bits per heavy atom. The van der Waals surface area contributed by atoms with Crippen LogP contribution in [0.4, 0.5) is 10.8 Å². The predicted octanol–water partition coefficient (Wildman–Crippen LogP) is 4.27. The van der Waals surface area contributed by atoms with Crippen molar-refractivity contribution in [3.63, 3.8) is 0 Å². The van der Waals surface area contributed by atoms with E-state index in [1.54, 1.807) is 26.2 Å².